The average Bonchev–Trinajstić information content (AvgIpc) is 3.00. The summed E-state index contributed by atoms with van der Waals surface area (Å²) in [7, 11) is 0. The van der Waals surface area contributed by atoms with Crippen molar-refractivity contribution in [3.63, 3.8) is 0 Å². The van der Waals surface area contributed by atoms with Gasteiger partial charge in [-0.3, -0.25) is 9.89 Å². The number of carbonyl (C=O) groups is 1. The van der Waals surface area contributed by atoms with Crippen LogP contribution in [0.3, 0.4) is 0 Å². The van der Waals surface area contributed by atoms with E-state index in [1.807, 2.05) is 12.1 Å². The molecule has 0 spiro atoms. The number of fused-ring (bicyclic) bond motifs is 1. The quantitative estimate of drug-likeness (QED) is 0.738. The molecular weight excluding hydrogens is 337 g/mol. The molecule has 0 radical (unpaired) electrons. The monoisotopic (exact) mass is 349 g/mol. The first-order chi connectivity index (χ1) is 11.0. The van der Waals surface area contributed by atoms with Gasteiger partial charge in [0.25, 0.3) is 5.91 Å². The van der Waals surface area contributed by atoms with Crippen molar-refractivity contribution in [1.29, 1.82) is 0 Å². The van der Waals surface area contributed by atoms with E-state index in [4.69, 9.17) is 27.9 Å². The lowest BCUT2D eigenvalue weighted by atomic mass is 10.2. The van der Waals surface area contributed by atoms with Crippen LogP contribution in [0.25, 0.3) is 10.9 Å². The third-order valence-corrected chi connectivity index (χ3v) is 4.05. The highest BCUT2D eigenvalue weighted by molar-refractivity contribution is 6.42. The van der Waals surface area contributed by atoms with Gasteiger partial charge < -0.3 is 10.1 Å². The number of anilines is 1. The van der Waals surface area contributed by atoms with Gasteiger partial charge in [-0.1, -0.05) is 35.3 Å². The van der Waals surface area contributed by atoms with Crippen LogP contribution in [0.1, 0.15) is 6.92 Å². The highest BCUT2D eigenvalue weighted by atomic mass is 35.5. The summed E-state index contributed by atoms with van der Waals surface area (Å²) in [5.41, 5.74) is 1.41. The molecule has 118 valence electrons. The first kappa shape index (κ1) is 15.6. The van der Waals surface area contributed by atoms with Gasteiger partial charge >= 0.3 is 0 Å². The molecule has 0 fully saturated rings. The number of carbonyl (C=O) groups excluding carboxylic acids is 1. The predicted octanol–water partition coefficient (Wildman–Crippen LogP) is 4.28. The van der Waals surface area contributed by atoms with E-state index < -0.39 is 6.10 Å². The molecule has 0 bridgehead atoms. The van der Waals surface area contributed by atoms with E-state index in [0.717, 1.165) is 10.9 Å². The number of aromatic amines is 1. The van der Waals surface area contributed by atoms with Crippen LogP contribution in [0.15, 0.2) is 42.6 Å². The van der Waals surface area contributed by atoms with Gasteiger partial charge in [0.15, 0.2) is 6.10 Å². The minimum Gasteiger partial charge on any atom is -0.481 e. The number of ether oxygens (including phenoxy) is 1. The zero-order chi connectivity index (χ0) is 16.4. The van der Waals surface area contributed by atoms with Crippen LogP contribution < -0.4 is 10.1 Å². The van der Waals surface area contributed by atoms with E-state index in [2.05, 4.69) is 15.5 Å². The Balaban J connectivity index is 1.72. The number of hydrogen-bond donors (Lipinski definition) is 2. The number of para-hydroxylation sites is 1. The molecule has 0 aliphatic carbocycles. The maximum absolute atomic E-state index is 12.3. The van der Waals surface area contributed by atoms with Gasteiger partial charge in [0.1, 0.15) is 5.75 Å². The highest BCUT2D eigenvalue weighted by Crippen LogP contribution is 2.27. The van der Waals surface area contributed by atoms with Crippen LogP contribution in [0.5, 0.6) is 5.75 Å². The summed E-state index contributed by atoms with van der Waals surface area (Å²) in [4.78, 5) is 12.3. The van der Waals surface area contributed by atoms with E-state index in [1.165, 1.54) is 0 Å². The molecule has 23 heavy (non-hydrogen) atoms. The lowest BCUT2D eigenvalue weighted by Gasteiger charge is -2.15. The third kappa shape index (κ3) is 3.41. The zero-order valence-electron chi connectivity index (χ0n) is 12.1. The molecule has 0 aliphatic rings. The molecule has 0 saturated heterocycles. The molecule has 0 aliphatic heterocycles. The van der Waals surface area contributed by atoms with Crippen molar-refractivity contribution in [3.05, 3.63) is 52.6 Å². The number of amides is 1. The average molecular weight is 350 g/mol. The van der Waals surface area contributed by atoms with Crippen LogP contribution in [0.4, 0.5) is 5.69 Å². The molecule has 7 heteroatoms. The second kappa shape index (κ2) is 6.48. The minimum atomic E-state index is -0.703. The lowest BCUT2D eigenvalue weighted by molar-refractivity contribution is -0.122. The number of aromatic nitrogens is 2. The van der Waals surface area contributed by atoms with Crippen molar-refractivity contribution in [3.8, 4) is 5.75 Å². The number of rotatable bonds is 4. The normalized spacial score (nSPS) is 12.1. The van der Waals surface area contributed by atoms with E-state index in [-0.39, 0.29) is 5.91 Å². The summed E-state index contributed by atoms with van der Waals surface area (Å²) in [6.07, 6.45) is 0.992. The largest absolute Gasteiger partial charge is 0.481 e. The van der Waals surface area contributed by atoms with Crippen molar-refractivity contribution < 1.29 is 9.53 Å². The second-order valence-corrected chi connectivity index (χ2v) is 5.78. The fourth-order valence-corrected chi connectivity index (χ4v) is 2.40. The second-order valence-electron chi connectivity index (χ2n) is 4.97. The first-order valence-electron chi connectivity index (χ1n) is 6.89. The first-order valence-corrected chi connectivity index (χ1v) is 7.65. The fourth-order valence-electron chi connectivity index (χ4n) is 2.12. The van der Waals surface area contributed by atoms with E-state index in [1.54, 1.807) is 37.4 Å². The van der Waals surface area contributed by atoms with Gasteiger partial charge in [-0.2, -0.15) is 5.10 Å². The summed E-state index contributed by atoms with van der Waals surface area (Å²) < 4.78 is 5.60. The molecule has 1 unspecified atom stereocenters. The highest BCUT2D eigenvalue weighted by Gasteiger charge is 2.16. The Morgan fingerprint density at radius 2 is 2.09 bits per heavy atom. The van der Waals surface area contributed by atoms with Gasteiger partial charge in [0.05, 0.1) is 27.4 Å². The van der Waals surface area contributed by atoms with E-state index >= 15 is 0 Å². The number of nitrogens with one attached hydrogen (secondary N) is 2. The molecule has 1 aromatic heterocycles. The molecule has 1 atom stereocenters. The molecule has 3 rings (SSSR count). The topological polar surface area (TPSA) is 67.0 Å². The number of benzene rings is 2. The summed E-state index contributed by atoms with van der Waals surface area (Å²) >= 11 is 11.8. The van der Waals surface area contributed by atoms with Crippen molar-refractivity contribution in [2.75, 3.05) is 5.32 Å². The van der Waals surface area contributed by atoms with Crippen LogP contribution in [0.2, 0.25) is 10.0 Å². The summed E-state index contributed by atoms with van der Waals surface area (Å²) in [6, 6.07) is 10.4. The van der Waals surface area contributed by atoms with Gasteiger partial charge in [0.2, 0.25) is 0 Å². The molecule has 1 heterocycles. The summed E-state index contributed by atoms with van der Waals surface area (Å²) in [5, 5.41) is 11.4. The molecular formula is C16H13Cl2N3O2. The smallest absolute Gasteiger partial charge is 0.265 e. The Morgan fingerprint density at radius 1 is 1.26 bits per heavy atom. The molecule has 0 saturated carbocycles. The molecule has 2 N–H and O–H groups in total. The molecule has 1 amide bonds. The molecule has 5 nitrogen and oxygen atoms in total. The number of H-pyrrole nitrogens is 1. The number of halogens is 2. The Morgan fingerprint density at radius 3 is 2.87 bits per heavy atom. The number of nitrogens with zero attached hydrogens (tertiary/aromatic N) is 1. The molecule has 3 aromatic rings. The molecule has 2 aromatic carbocycles. The van der Waals surface area contributed by atoms with E-state index in [0.29, 0.717) is 21.5 Å². The van der Waals surface area contributed by atoms with Crippen molar-refractivity contribution in [1.82, 2.24) is 10.2 Å². The Bertz CT molecular complexity index is 863. The fraction of sp³-hybridized carbons (Fsp3) is 0.125. The van der Waals surface area contributed by atoms with Crippen molar-refractivity contribution in [2.45, 2.75) is 13.0 Å². The van der Waals surface area contributed by atoms with Crippen LogP contribution in [0, 0.1) is 0 Å². The summed E-state index contributed by atoms with van der Waals surface area (Å²) in [6.45, 7) is 1.66. The third-order valence-electron chi connectivity index (χ3n) is 3.31. The Hall–Kier alpha value is -2.24. The SMILES string of the molecule is CC(Oc1ccc(Cl)c(Cl)c1)C(=O)Nc1cccc2cn[nH]c12. The van der Waals surface area contributed by atoms with Gasteiger partial charge in [-0.15, -0.1) is 0 Å². The zero-order valence-corrected chi connectivity index (χ0v) is 13.7. The Kier molecular flexibility index (Phi) is 4.41. The van der Waals surface area contributed by atoms with Crippen LogP contribution in [-0.2, 0) is 4.79 Å². The number of hydrogen-bond acceptors (Lipinski definition) is 3. The van der Waals surface area contributed by atoms with Crippen molar-refractivity contribution in [2.24, 2.45) is 0 Å². The van der Waals surface area contributed by atoms with Gasteiger partial charge in [-0.05, 0) is 25.1 Å². The van der Waals surface area contributed by atoms with E-state index in [9.17, 15) is 4.79 Å². The predicted molar refractivity (Wildman–Crippen MR) is 91.3 cm³/mol. The van der Waals surface area contributed by atoms with Crippen LogP contribution in [-0.4, -0.2) is 22.2 Å². The minimum absolute atomic E-state index is 0.279. The van der Waals surface area contributed by atoms with Gasteiger partial charge in [-0.25, -0.2) is 0 Å². The maximum Gasteiger partial charge on any atom is 0.265 e. The maximum atomic E-state index is 12.3. The van der Waals surface area contributed by atoms with Crippen molar-refractivity contribution >= 4 is 45.7 Å². The lowest BCUT2D eigenvalue weighted by Crippen LogP contribution is -2.30. The van der Waals surface area contributed by atoms with Crippen LogP contribution >= 0.6 is 23.2 Å². The standard InChI is InChI=1S/C16H13Cl2N3O2/c1-9(23-11-5-6-12(17)13(18)7-11)16(22)20-14-4-2-3-10-8-19-21-15(10)14/h2-9H,1H3,(H,19,21)(H,20,22). The summed E-state index contributed by atoms with van der Waals surface area (Å²) in [5.74, 6) is 0.194. The van der Waals surface area contributed by atoms with Gasteiger partial charge in [0, 0.05) is 11.5 Å². The Labute approximate surface area is 142 Å².